The Morgan fingerprint density at radius 2 is 2.12 bits per heavy atom. The smallest absolute Gasteiger partial charge is 0.222 e. The topological polar surface area (TPSA) is 46.3 Å². The van der Waals surface area contributed by atoms with Gasteiger partial charge in [-0.3, -0.25) is 4.79 Å². The number of anilines is 1. The highest BCUT2D eigenvalue weighted by Crippen LogP contribution is 2.29. The van der Waals surface area contributed by atoms with E-state index in [1.807, 2.05) is 24.0 Å². The summed E-state index contributed by atoms with van der Waals surface area (Å²) in [6, 6.07) is 8.12. The summed E-state index contributed by atoms with van der Waals surface area (Å²) >= 11 is 0. The second-order valence-electron chi connectivity index (χ2n) is 4.68. The molecule has 0 bridgehead atoms. The third kappa shape index (κ3) is 2.78. The molecule has 0 aliphatic carbocycles. The number of nitrogen functional groups attached to an aromatic ring is 1. The van der Waals surface area contributed by atoms with Gasteiger partial charge in [-0.2, -0.15) is 0 Å². The number of carbonyl (C=O) groups excluding carboxylic acids is 1. The first-order valence-electron chi connectivity index (χ1n) is 6.34. The Morgan fingerprint density at radius 1 is 1.41 bits per heavy atom. The molecule has 1 aliphatic heterocycles. The first-order chi connectivity index (χ1) is 8.20. The average Bonchev–Trinajstić information content (AvgIpc) is 2.38. The highest BCUT2D eigenvalue weighted by Gasteiger charge is 2.22. The lowest BCUT2D eigenvalue weighted by atomic mass is 9.89. The van der Waals surface area contributed by atoms with Crippen LogP contribution in [0, 0.1) is 0 Å². The van der Waals surface area contributed by atoms with Gasteiger partial charge in [-0.05, 0) is 36.5 Å². The van der Waals surface area contributed by atoms with Gasteiger partial charge in [-0.15, -0.1) is 0 Å². The van der Waals surface area contributed by atoms with Gasteiger partial charge in [0.1, 0.15) is 0 Å². The predicted octanol–water partition coefficient (Wildman–Crippen LogP) is 2.38. The molecule has 0 unspecified atom stereocenters. The Labute approximate surface area is 103 Å². The molecule has 1 heterocycles. The zero-order chi connectivity index (χ0) is 12.3. The first-order valence-corrected chi connectivity index (χ1v) is 6.34. The summed E-state index contributed by atoms with van der Waals surface area (Å²) < 4.78 is 0. The number of piperidine rings is 1. The Kier molecular flexibility index (Phi) is 3.67. The number of carbonyl (C=O) groups is 1. The number of rotatable bonds is 2. The van der Waals surface area contributed by atoms with E-state index in [2.05, 4.69) is 12.1 Å². The van der Waals surface area contributed by atoms with Crippen molar-refractivity contribution in [3.05, 3.63) is 29.8 Å². The maximum absolute atomic E-state index is 11.6. The molecule has 3 nitrogen and oxygen atoms in total. The van der Waals surface area contributed by atoms with E-state index in [1.165, 1.54) is 5.56 Å². The lowest BCUT2D eigenvalue weighted by Gasteiger charge is -2.32. The van der Waals surface area contributed by atoms with Crippen LogP contribution in [0.15, 0.2) is 24.3 Å². The first kappa shape index (κ1) is 12.0. The van der Waals surface area contributed by atoms with Crippen molar-refractivity contribution in [1.29, 1.82) is 0 Å². The molecular weight excluding hydrogens is 212 g/mol. The molecule has 0 spiro atoms. The monoisotopic (exact) mass is 232 g/mol. The maximum Gasteiger partial charge on any atom is 0.222 e. The van der Waals surface area contributed by atoms with E-state index in [-0.39, 0.29) is 5.91 Å². The van der Waals surface area contributed by atoms with Crippen molar-refractivity contribution in [2.75, 3.05) is 18.8 Å². The van der Waals surface area contributed by atoms with Crippen molar-refractivity contribution in [2.45, 2.75) is 32.1 Å². The van der Waals surface area contributed by atoms with Gasteiger partial charge in [0.25, 0.3) is 0 Å². The molecule has 0 aromatic heterocycles. The second-order valence-corrected chi connectivity index (χ2v) is 4.68. The number of benzene rings is 1. The molecule has 3 heteroatoms. The van der Waals surface area contributed by atoms with Gasteiger partial charge in [-0.1, -0.05) is 19.1 Å². The average molecular weight is 232 g/mol. The normalized spacial score (nSPS) is 17.1. The number of likely N-dealkylation sites (tertiary alicyclic amines) is 1. The fraction of sp³-hybridized carbons (Fsp3) is 0.500. The summed E-state index contributed by atoms with van der Waals surface area (Å²) in [5.41, 5.74) is 7.94. The van der Waals surface area contributed by atoms with E-state index in [1.54, 1.807) is 0 Å². The minimum Gasteiger partial charge on any atom is -0.399 e. The van der Waals surface area contributed by atoms with Crippen LogP contribution < -0.4 is 5.73 Å². The largest absolute Gasteiger partial charge is 0.399 e. The van der Waals surface area contributed by atoms with Crippen LogP contribution in [0.25, 0.3) is 0 Å². The molecular formula is C14H20N2O. The molecule has 0 radical (unpaired) electrons. The van der Waals surface area contributed by atoms with Gasteiger partial charge in [0.2, 0.25) is 5.91 Å². The van der Waals surface area contributed by atoms with E-state index in [0.29, 0.717) is 12.3 Å². The van der Waals surface area contributed by atoms with Crippen LogP contribution >= 0.6 is 0 Å². The van der Waals surface area contributed by atoms with Gasteiger partial charge in [0.15, 0.2) is 0 Å². The molecule has 1 aliphatic rings. The van der Waals surface area contributed by atoms with Crippen LogP contribution in [0.4, 0.5) is 5.69 Å². The van der Waals surface area contributed by atoms with Gasteiger partial charge in [0.05, 0.1) is 0 Å². The van der Waals surface area contributed by atoms with Crippen molar-refractivity contribution in [1.82, 2.24) is 4.90 Å². The molecule has 2 rings (SSSR count). The molecule has 1 fully saturated rings. The van der Waals surface area contributed by atoms with Gasteiger partial charge < -0.3 is 10.6 Å². The Hall–Kier alpha value is -1.51. The molecule has 0 saturated carbocycles. The number of nitrogens with zero attached hydrogens (tertiary/aromatic N) is 1. The Balaban J connectivity index is 1.97. The van der Waals surface area contributed by atoms with Crippen LogP contribution in [-0.4, -0.2) is 23.9 Å². The molecule has 1 aromatic carbocycles. The summed E-state index contributed by atoms with van der Waals surface area (Å²) in [7, 11) is 0. The Bertz CT molecular complexity index is 395. The summed E-state index contributed by atoms with van der Waals surface area (Å²) in [6.45, 7) is 3.69. The summed E-state index contributed by atoms with van der Waals surface area (Å²) in [5, 5.41) is 0. The summed E-state index contributed by atoms with van der Waals surface area (Å²) in [4.78, 5) is 13.5. The highest BCUT2D eigenvalue weighted by atomic mass is 16.2. The van der Waals surface area contributed by atoms with Crippen molar-refractivity contribution >= 4 is 11.6 Å². The SMILES string of the molecule is CCC(=O)N1CCC(c2cccc(N)c2)CC1. The molecule has 1 amide bonds. The fourth-order valence-electron chi connectivity index (χ4n) is 2.50. The number of nitrogens with two attached hydrogens (primary N) is 1. The van der Waals surface area contributed by atoms with Crippen LogP contribution in [-0.2, 0) is 4.79 Å². The molecule has 1 aromatic rings. The van der Waals surface area contributed by atoms with Crippen molar-refractivity contribution in [2.24, 2.45) is 0 Å². The van der Waals surface area contributed by atoms with Crippen molar-refractivity contribution in [3.8, 4) is 0 Å². The molecule has 92 valence electrons. The maximum atomic E-state index is 11.6. The van der Waals surface area contributed by atoms with Gasteiger partial charge in [-0.25, -0.2) is 0 Å². The van der Waals surface area contributed by atoms with Gasteiger partial charge in [0, 0.05) is 25.2 Å². The number of amides is 1. The van der Waals surface area contributed by atoms with Crippen LogP contribution in [0.3, 0.4) is 0 Å². The zero-order valence-corrected chi connectivity index (χ0v) is 10.4. The van der Waals surface area contributed by atoms with Gasteiger partial charge >= 0.3 is 0 Å². The standard InChI is InChI=1S/C14H20N2O/c1-2-14(17)16-8-6-11(7-9-16)12-4-3-5-13(15)10-12/h3-5,10-11H,2,6-9,15H2,1H3. The van der Waals surface area contributed by atoms with E-state index < -0.39 is 0 Å². The van der Waals surface area contributed by atoms with E-state index in [9.17, 15) is 4.79 Å². The predicted molar refractivity (Wildman–Crippen MR) is 69.7 cm³/mol. The van der Waals surface area contributed by atoms with Crippen LogP contribution in [0.1, 0.15) is 37.7 Å². The lowest BCUT2D eigenvalue weighted by Crippen LogP contribution is -2.37. The second kappa shape index (κ2) is 5.21. The number of hydrogen-bond acceptors (Lipinski definition) is 2. The molecule has 1 saturated heterocycles. The highest BCUT2D eigenvalue weighted by molar-refractivity contribution is 5.75. The summed E-state index contributed by atoms with van der Waals surface area (Å²) in [5.74, 6) is 0.829. The summed E-state index contributed by atoms with van der Waals surface area (Å²) in [6.07, 6.45) is 2.72. The zero-order valence-electron chi connectivity index (χ0n) is 10.4. The minimum absolute atomic E-state index is 0.274. The van der Waals surface area contributed by atoms with E-state index in [0.717, 1.165) is 31.6 Å². The molecule has 0 atom stereocenters. The van der Waals surface area contributed by atoms with Crippen LogP contribution in [0.2, 0.25) is 0 Å². The quantitative estimate of drug-likeness (QED) is 0.796. The minimum atomic E-state index is 0.274. The third-order valence-corrected chi connectivity index (χ3v) is 3.53. The fourth-order valence-corrected chi connectivity index (χ4v) is 2.50. The van der Waals surface area contributed by atoms with Crippen LogP contribution in [0.5, 0.6) is 0 Å². The third-order valence-electron chi connectivity index (χ3n) is 3.53. The van der Waals surface area contributed by atoms with Crippen molar-refractivity contribution < 1.29 is 4.79 Å². The van der Waals surface area contributed by atoms with E-state index >= 15 is 0 Å². The molecule has 17 heavy (non-hydrogen) atoms. The molecule has 2 N–H and O–H groups in total. The lowest BCUT2D eigenvalue weighted by molar-refractivity contribution is -0.131. The Morgan fingerprint density at radius 3 is 2.71 bits per heavy atom. The number of hydrogen-bond donors (Lipinski definition) is 1. The van der Waals surface area contributed by atoms with E-state index in [4.69, 9.17) is 5.73 Å². The van der Waals surface area contributed by atoms with Crippen molar-refractivity contribution in [3.63, 3.8) is 0 Å².